The lowest BCUT2D eigenvalue weighted by atomic mass is 10.2. The van der Waals surface area contributed by atoms with E-state index >= 15 is 0 Å². The SMILES string of the molecule is Cc1cc(CNC2CCN(C)C2)c(C)n1C. The van der Waals surface area contributed by atoms with E-state index in [4.69, 9.17) is 0 Å². The van der Waals surface area contributed by atoms with Crippen molar-refractivity contribution in [1.29, 1.82) is 0 Å². The van der Waals surface area contributed by atoms with Crippen LogP contribution >= 0.6 is 0 Å². The molecule has 1 N–H and O–H groups in total. The topological polar surface area (TPSA) is 20.2 Å². The standard InChI is InChI=1S/C13H23N3/c1-10-7-12(11(2)16(10)4)8-14-13-5-6-15(3)9-13/h7,13-14H,5-6,8-9H2,1-4H3. The first-order valence-electron chi connectivity index (χ1n) is 6.11. The zero-order valence-electron chi connectivity index (χ0n) is 10.9. The number of aryl methyl sites for hydroxylation is 1. The van der Waals surface area contributed by atoms with Gasteiger partial charge in [-0.3, -0.25) is 0 Å². The van der Waals surface area contributed by atoms with Crippen LogP contribution in [0.2, 0.25) is 0 Å². The largest absolute Gasteiger partial charge is 0.352 e. The van der Waals surface area contributed by atoms with Gasteiger partial charge in [-0.05, 0) is 45.5 Å². The molecule has 0 radical (unpaired) electrons. The Hall–Kier alpha value is -0.800. The van der Waals surface area contributed by atoms with Gasteiger partial charge in [0, 0.05) is 37.6 Å². The Labute approximate surface area is 98.4 Å². The Kier molecular flexibility index (Phi) is 3.36. The fourth-order valence-corrected chi connectivity index (χ4v) is 2.47. The number of hydrogen-bond donors (Lipinski definition) is 1. The molecule has 0 amide bonds. The summed E-state index contributed by atoms with van der Waals surface area (Å²) in [6.45, 7) is 7.78. The molecule has 1 unspecified atom stereocenters. The van der Waals surface area contributed by atoms with Crippen molar-refractivity contribution in [3.8, 4) is 0 Å². The number of likely N-dealkylation sites (N-methyl/N-ethyl adjacent to an activating group) is 1. The first kappa shape index (κ1) is 11.7. The van der Waals surface area contributed by atoms with Crippen LogP contribution in [0, 0.1) is 13.8 Å². The summed E-state index contributed by atoms with van der Waals surface area (Å²) >= 11 is 0. The third kappa shape index (κ3) is 2.30. The zero-order chi connectivity index (χ0) is 11.7. The molecule has 0 aromatic carbocycles. The van der Waals surface area contributed by atoms with E-state index in [2.05, 4.69) is 48.8 Å². The fraction of sp³-hybridized carbons (Fsp3) is 0.692. The third-order valence-corrected chi connectivity index (χ3v) is 3.85. The predicted octanol–water partition coefficient (Wildman–Crippen LogP) is 1.44. The minimum Gasteiger partial charge on any atom is -0.352 e. The highest BCUT2D eigenvalue weighted by atomic mass is 15.2. The van der Waals surface area contributed by atoms with Crippen molar-refractivity contribution in [1.82, 2.24) is 14.8 Å². The minimum atomic E-state index is 0.671. The Balaban J connectivity index is 1.92. The average molecular weight is 221 g/mol. The molecule has 1 saturated heterocycles. The first-order chi connectivity index (χ1) is 7.58. The van der Waals surface area contributed by atoms with Crippen LogP contribution in [0.4, 0.5) is 0 Å². The molecule has 1 atom stereocenters. The van der Waals surface area contributed by atoms with E-state index in [9.17, 15) is 0 Å². The second kappa shape index (κ2) is 4.60. The van der Waals surface area contributed by atoms with Crippen molar-refractivity contribution >= 4 is 0 Å². The maximum Gasteiger partial charge on any atom is 0.0226 e. The predicted molar refractivity (Wildman–Crippen MR) is 67.6 cm³/mol. The van der Waals surface area contributed by atoms with Gasteiger partial charge in [-0.2, -0.15) is 0 Å². The molecule has 16 heavy (non-hydrogen) atoms. The molecule has 1 aliphatic rings. The van der Waals surface area contributed by atoms with Crippen LogP contribution in [0.25, 0.3) is 0 Å². The van der Waals surface area contributed by atoms with Crippen LogP contribution in [0.3, 0.4) is 0 Å². The number of aromatic nitrogens is 1. The van der Waals surface area contributed by atoms with E-state index in [1.165, 1.54) is 36.5 Å². The van der Waals surface area contributed by atoms with Crippen LogP contribution in [-0.4, -0.2) is 35.6 Å². The van der Waals surface area contributed by atoms with E-state index in [-0.39, 0.29) is 0 Å². The van der Waals surface area contributed by atoms with Gasteiger partial charge in [0.2, 0.25) is 0 Å². The van der Waals surface area contributed by atoms with Gasteiger partial charge in [0.1, 0.15) is 0 Å². The summed E-state index contributed by atoms with van der Waals surface area (Å²) in [5.41, 5.74) is 4.17. The first-order valence-corrected chi connectivity index (χ1v) is 6.11. The molecule has 2 heterocycles. The molecular weight excluding hydrogens is 198 g/mol. The maximum absolute atomic E-state index is 3.65. The van der Waals surface area contributed by atoms with E-state index in [0.717, 1.165) is 6.54 Å². The number of likely N-dealkylation sites (tertiary alicyclic amines) is 1. The number of rotatable bonds is 3. The number of hydrogen-bond acceptors (Lipinski definition) is 2. The van der Waals surface area contributed by atoms with Gasteiger partial charge in [-0.25, -0.2) is 0 Å². The lowest BCUT2D eigenvalue weighted by Crippen LogP contribution is -2.31. The molecule has 0 bridgehead atoms. The van der Waals surface area contributed by atoms with Crippen molar-refractivity contribution < 1.29 is 0 Å². The normalized spacial score (nSPS) is 21.9. The maximum atomic E-state index is 3.65. The van der Waals surface area contributed by atoms with Crippen molar-refractivity contribution in [2.75, 3.05) is 20.1 Å². The van der Waals surface area contributed by atoms with Crippen LogP contribution in [0.1, 0.15) is 23.4 Å². The fourth-order valence-electron chi connectivity index (χ4n) is 2.47. The second-order valence-corrected chi connectivity index (χ2v) is 5.08. The van der Waals surface area contributed by atoms with E-state index in [1.807, 2.05) is 0 Å². The zero-order valence-corrected chi connectivity index (χ0v) is 10.9. The third-order valence-electron chi connectivity index (χ3n) is 3.85. The summed E-state index contributed by atoms with van der Waals surface area (Å²) in [6.07, 6.45) is 1.28. The molecule has 0 spiro atoms. The molecule has 1 aromatic heterocycles. The highest BCUT2D eigenvalue weighted by molar-refractivity contribution is 5.26. The van der Waals surface area contributed by atoms with E-state index < -0.39 is 0 Å². The number of nitrogens with zero attached hydrogens (tertiary/aromatic N) is 2. The average Bonchev–Trinajstić information content (AvgIpc) is 2.76. The van der Waals surface area contributed by atoms with E-state index in [0.29, 0.717) is 6.04 Å². The number of nitrogens with one attached hydrogen (secondary N) is 1. The Bertz CT molecular complexity index is 367. The molecule has 90 valence electrons. The van der Waals surface area contributed by atoms with Crippen molar-refractivity contribution in [3.63, 3.8) is 0 Å². The molecule has 0 aliphatic carbocycles. The lowest BCUT2D eigenvalue weighted by molar-refractivity contribution is 0.397. The summed E-state index contributed by atoms with van der Waals surface area (Å²) in [4.78, 5) is 2.39. The Morgan fingerprint density at radius 3 is 2.62 bits per heavy atom. The van der Waals surface area contributed by atoms with Crippen LogP contribution in [-0.2, 0) is 13.6 Å². The summed E-state index contributed by atoms with van der Waals surface area (Å²) in [5, 5.41) is 3.65. The molecule has 3 heteroatoms. The molecule has 1 fully saturated rings. The van der Waals surface area contributed by atoms with Crippen LogP contribution in [0.15, 0.2) is 6.07 Å². The summed E-state index contributed by atoms with van der Waals surface area (Å²) in [5.74, 6) is 0. The van der Waals surface area contributed by atoms with Gasteiger partial charge >= 0.3 is 0 Å². The monoisotopic (exact) mass is 221 g/mol. The molecule has 2 rings (SSSR count). The highest BCUT2D eigenvalue weighted by Crippen LogP contribution is 2.14. The summed E-state index contributed by atoms with van der Waals surface area (Å²) < 4.78 is 2.26. The van der Waals surface area contributed by atoms with Crippen molar-refractivity contribution in [3.05, 3.63) is 23.0 Å². The quantitative estimate of drug-likeness (QED) is 0.833. The van der Waals surface area contributed by atoms with Crippen LogP contribution in [0.5, 0.6) is 0 Å². The van der Waals surface area contributed by atoms with Crippen molar-refractivity contribution in [2.24, 2.45) is 7.05 Å². The molecular formula is C13H23N3. The Morgan fingerprint density at radius 2 is 2.12 bits per heavy atom. The van der Waals surface area contributed by atoms with Gasteiger partial charge in [0.25, 0.3) is 0 Å². The van der Waals surface area contributed by atoms with Gasteiger partial charge in [0.15, 0.2) is 0 Å². The molecule has 1 aromatic rings. The van der Waals surface area contributed by atoms with E-state index in [1.54, 1.807) is 0 Å². The minimum absolute atomic E-state index is 0.671. The summed E-state index contributed by atoms with van der Waals surface area (Å²) in [6, 6.07) is 2.96. The van der Waals surface area contributed by atoms with Gasteiger partial charge in [-0.1, -0.05) is 0 Å². The second-order valence-electron chi connectivity index (χ2n) is 5.08. The lowest BCUT2D eigenvalue weighted by Gasteiger charge is -2.12. The molecule has 3 nitrogen and oxygen atoms in total. The van der Waals surface area contributed by atoms with Crippen LogP contribution < -0.4 is 5.32 Å². The van der Waals surface area contributed by atoms with Gasteiger partial charge in [-0.15, -0.1) is 0 Å². The van der Waals surface area contributed by atoms with Gasteiger partial charge < -0.3 is 14.8 Å². The molecule has 1 aliphatic heterocycles. The van der Waals surface area contributed by atoms with Crippen molar-refractivity contribution in [2.45, 2.75) is 32.9 Å². The summed E-state index contributed by atoms with van der Waals surface area (Å²) in [7, 11) is 4.33. The molecule has 0 saturated carbocycles. The highest BCUT2D eigenvalue weighted by Gasteiger charge is 2.19. The van der Waals surface area contributed by atoms with Gasteiger partial charge in [0.05, 0.1) is 0 Å². The smallest absolute Gasteiger partial charge is 0.0226 e. The Morgan fingerprint density at radius 1 is 1.38 bits per heavy atom.